The molecule has 0 spiro atoms. The lowest BCUT2D eigenvalue weighted by Crippen LogP contribution is -2.53. The van der Waals surface area contributed by atoms with Gasteiger partial charge in [-0.25, -0.2) is 4.99 Å². The molecule has 2 N–H and O–H groups in total. The zero-order chi connectivity index (χ0) is 23.4. The second-order valence-electron chi connectivity index (χ2n) is 8.44. The zero-order valence-electron chi connectivity index (χ0n) is 19.0. The third kappa shape index (κ3) is 5.12. The molecule has 1 fully saturated rings. The van der Waals surface area contributed by atoms with Gasteiger partial charge in [-0.1, -0.05) is 48.5 Å². The van der Waals surface area contributed by atoms with E-state index < -0.39 is 18.1 Å². The summed E-state index contributed by atoms with van der Waals surface area (Å²) in [6.45, 7) is 3.68. The maximum absolute atomic E-state index is 13.2. The molecule has 0 bridgehead atoms. The summed E-state index contributed by atoms with van der Waals surface area (Å²) >= 11 is 0. The lowest BCUT2D eigenvalue weighted by molar-refractivity contribution is -0.131. The Morgan fingerprint density at radius 2 is 1.73 bits per heavy atom. The number of likely N-dealkylation sites (N-methyl/N-ethyl adjacent to an activating group) is 1. The molecule has 0 aromatic heterocycles. The number of likely N-dealkylation sites (tertiary alicyclic amines) is 1. The van der Waals surface area contributed by atoms with Crippen molar-refractivity contribution in [2.24, 2.45) is 4.99 Å². The number of para-hydroxylation sites is 1. The van der Waals surface area contributed by atoms with Crippen molar-refractivity contribution in [3.8, 4) is 0 Å². The minimum Gasteiger partial charge on any atom is -0.343 e. The highest BCUT2D eigenvalue weighted by Crippen LogP contribution is 2.27. The first-order chi connectivity index (χ1) is 15.9. The van der Waals surface area contributed by atoms with Gasteiger partial charge in [-0.2, -0.15) is 0 Å². The Labute approximate surface area is 193 Å². The molecular formula is C25H29N5O3. The van der Waals surface area contributed by atoms with Crippen LogP contribution in [0.5, 0.6) is 0 Å². The van der Waals surface area contributed by atoms with Crippen LogP contribution in [0.15, 0.2) is 59.6 Å². The number of fused-ring (bicyclic) bond motifs is 1. The highest BCUT2D eigenvalue weighted by atomic mass is 16.2. The van der Waals surface area contributed by atoms with E-state index in [1.807, 2.05) is 54.6 Å². The van der Waals surface area contributed by atoms with E-state index in [-0.39, 0.29) is 18.4 Å². The largest absolute Gasteiger partial charge is 0.343 e. The van der Waals surface area contributed by atoms with E-state index in [0.29, 0.717) is 11.4 Å². The normalized spacial score (nSPS) is 19.3. The van der Waals surface area contributed by atoms with Gasteiger partial charge in [0.25, 0.3) is 5.91 Å². The van der Waals surface area contributed by atoms with Gasteiger partial charge in [0, 0.05) is 18.2 Å². The smallest absolute Gasteiger partial charge is 0.272 e. The van der Waals surface area contributed by atoms with Gasteiger partial charge >= 0.3 is 0 Å². The Hall–Kier alpha value is -3.52. The number of benzodiazepines with no additional fused rings is 1. The number of nitrogens with one attached hydrogen (secondary N) is 2. The van der Waals surface area contributed by atoms with Crippen molar-refractivity contribution in [2.45, 2.75) is 32.0 Å². The first kappa shape index (κ1) is 22.7. The SMILES string of the molecule is C[C@H](NC(=O)CN1CCCC1)C(=O)N[C@H]1N=C(c2ccccc2)c2ccccc2N(C)C1=O. The van der Waals surface area contributed by atoms with Crippen molar-refractivity contribution >= 4 is 29.1 Å². The van der Waals surface area contributed by atoms with Crippen LogP contribution < -0.4 is 15.5 Å². The lowest BCUT2D eigenvalue weighted by Gasteiger charge is -2.22. The molecule has 0 aliphatic carbocycles. The number of rotatable bonds is 6. The second kappa shape index (κ2) is 9.95. The Kier molecular flexibility index (Phi) is 6.84. The van der Waals surface area contributed by atoms with E-state index in [4.69, 9.17) is 0 Å². The topological polar surface area (TPSA) is 94.1 Å². The zero-order valence-corrected chi connectivity index (χ0v) is 19.0. The van der Waals surface area contributed by atoms with Gasteiger partial charge in [0.1, 0.15) is 6.04 Å². The summed E-state index contributed by atoms with van der Waals surface area (Å²) in [6.07, 6.45) is 1.07. The molecule has 2 atom stereocenters. The number of carbonyl (C=O) groups is 3. The average Bonchev–Trinajstić information content (AvgIpc) is 3.30. The van der Waals surface area contributed by atoms with Gasteiger partial charge in [0.05, 0.1) is 17.9 Å². The molecule has 3 amide bonds. The number of amides is 3. The summed E-state index contributed by atoms with van der Waals surface area (Å²) in [5.41, 5.74) is 3.00. The van der Waals surface area contributed by atoms with Crippen LogP contribution in [-0.2, 0) is 14.4 Å². The molecule has 8 nitrogen and oxygen atoms in total. The second-order valence-corrected chi connectivity index (χ2v) is 8.44. The number of hydrogen-bond acceptors (Lipinski definition) is 5. The van der Waals surface area contributed by atoms with Crippen LogP contribution in [-0.4, -0.2) is 67.2 Å². The molecular weight excluding hydrogens is 418 g/mol. The lowest BCUT2D eigenvalue weighted by atomic mass is 10.0. The summed E-state index contributed by atoms with van der Waals surface area (Å²) < 4.78 is 0. The molecule has 33 heavy (non-hydrogen) atoms. The highest BCUT2D eigenvalue weighted by Gasteiger charge is 2.32. The molecule has 2 aromatic rings. The van der Waals surface area contributed by atoms with Crippen LogP contribution in [0.2, 0.25) is 0 Å². The van der Waals surface area contributed by atoms with Crippen molar-refractivity contribution in [3.05, 3.63) is 65.7 Å². The molecule has 1 saturated heterocycles. The summed E-state index contributed by atoms with van der Waals surface area (Å²) in [7, 11) is 1.67. The fourth-order valence-electron chi connectivity index (χ4n) is 4.20. The van der Waals surface area contributed by atoms with Crippen molar-refractivity contribution < 1.29 is 14.4 Å². The summed E-state index contributed by atoms with van der Waals surface area (Å²) in [5, 5.41) is 5.46. The van der Waals surface area contributed by atoms with Crippen LogP contribution in [0.3, 0.4) is 0 Å². The van der Waals surface area contributed by atoms with Crippen molar-refractivity contribution in [2.75, 3.05) is 31.6 Å². The number of nitrogens with zero attached hydrogens (tertiary/aromatic N) is 3. The molecule has 172 valence electrons. The maximum atomic E-state index is 13.2. The molecule has 0 saturated carbocycles. The fraction of sp³-hybridized carbons (Fsp3) is 0.360. The van der Waals surface area contributed by atoms with E-state index in [2.05, 4.69) is 20.5 Å². The minimum absolute atomic E-state index is 0.204. The first-order valence-electron chi connectivity index (χ1n) is 11.3. The quantitative estimate of drug-likeness (QED) is 0.703. The van der Waals surface area contributed by atoms with Gasteiger partial charge in [-0.3, -0.25) is 19.3 Å². The van der Waals surface area contributed by atoms with Crippen LogP contribution in [0.25, 0.3) is 0 Å². The third-order valence-electron chi connectivity index (χ3n) is 6.01. The third-order valence-corrected chi connectivity index (χ3v) is 6.01. The van der Waals surface area contributed by atoms with Crippen LogP contribution in [0.4, 0.5) is 5.69 Å². The van der Waals surface area contributed by atoms with Gasteiger partial charge in [-0.15, -0.1) is 0 Å². The molecule has 2 aliphatic heterocycles. The van der Waals surface area contributed by atoms with Crippen LogP contribution in [0, 0.1) is 0 Å². The fourth-order valence-corrected chi connectivity index (χ4v) is 4.20. The predicted molar refractivity (Wildman–Crippen MR) is 127 cm³/mol. The number of benzene rings is 2. The van der Waals surface area contributed by atoms with E-state index in [9.17, 15) is 14.4 Å². The molecule has 0 radical (unpaired) electrons. The molecule has 4 rings (SSSR count). The molecule has 2 aromatic carbocycles. The van der Waals surface area contributed by atoms with Gasteiger partial charge < -0.3 is 15.5 Å². The van der Waals surface area contributed by atoms with Crippen LogP contribution in [0.1, 0.15) is 30.9 Å². The number of anilines is 1. The van der Waals surface area contributed by atoms with Gasteiger partial charge in [0.2, 0.25) is 18.0 Å². The van der Waals surface area contributed by atoms with E-state index in [1.54, 1.807) is 14.0 Å². The van der Waals surface area contributed by atoms with E-state index in [0.717, 1.165) is 37.1 Å². The van der Waals surface area contributed by atoms with Crippen molar-refractivity contribution in [1.82, 2.24) is 15.5 Å². The summed E-state index contributed by atoms with van der Waals surface area (Å²) in [4.78, 5) is 46.7. The standard InChI is InChI=1S/C25H29N5O3/c1-17(26-21(31)16-30-14-8-9-15-30)24(32)28-23-25(33)29(2)20-13-7-6-12-19(20)22(27-23)18-10-4-3-5-11-18/h3-7,10-13,17,23H,8-9,14-16H2,1-2H3,(H,26,31)(H,28,32)/t17-,23+/m0/s1. The van der Waals surface area contributed by atoms with Gasteiger partial charge in [-0.05, 0) is 38.9 Å². The summed E-state index contributed by atoms with van der Waals surface area (Å²) in [5.74, 6) is -1.01. The van der Waals surface area contributed by atoms with Crippen LogP contribution >= 0.6 is 0 Å². The molecule has 8 heteroatoms. The monoisotopic (exact) mass is 447 g/mol. The molecule has 2 aliphatic rings. The average molecular weight is 448 g/mol. The van der Waals surface area contributed by atoms with E-state index in [1.165, 1.54) is 4.90 Å². The number of aliphatic imine (C=N–C) groups is 1. The molecule has 2 heterocycles. The first-order valence-corrected chi connectivity index (χ1v) is 11.3. The Bertz CT molecular complexity index is 1060. The Balaban J connectivity index is 1.54. The highest BCUT2D eigenvalue weighted by molar-refractivity contribution is 6.20. The Morgan fingerprint density at radius 3 is 2.45 bits per heavy atom. The summed E-state index contributed by atoms with van der Waals surface area (Å²) in [6, 6.07) is 16.3. The van der Waals surface area contributed by atoms with E-state index >= 15 is 0 Å². The predicted octanol–water partition coefficient (Wildman–Crippen LogP) is 1.54. The number of hydrogen-bond donors (Lipinski definition) is 2. The van der Waals surface area contributed by atoms with Gasteiger partial charge in [0.15, 0.2) is 0 Å². The molecule has 0 unspecified atom stereocenters. The Morgan fingerprint density at radius 1 is 1.06 bits per heavy atom. The maximum Gasteiger partial charge on any atom is 0.272 e. The van der Waals surface area contributed by atoms with Crippen molar-refractivity contribution in [3.63, 3.8) is 0 Å². The number of carbonyl (C=O) groups excluding carboxylic acids is 3. The van der Waals surface area contributed by atoms with Crippen molar-refractivity contribution in [1.29, 1.82) is 0 Å². The minimum atomic E-state index is -1.11.